The van der Waals surface area contributed by atoms with Crippen molar-refractivity contribution >= 4 is 5.91 Å². The zero-order valence-electron chi connectivity index (χ0n) is 12.1. The molecule has 0 unspecified atom stereocenters. The minimum absolute atomic E-state index is 0.197. The van der Waals surface area contributed by atoms with Crippen molar-refractivity contribution in [3.05, 3.63) is 35.4 Å². The Hall–Kier alpha value is -1.35. The molecule has 1 aliphatic carbocycles. The summed E-state index contributed by atoms with van der Waals surface area (Å²) in [5.74, 6) is 0.894. The van der Waals surface area contributed by atoms with Crippen molar-refractivity contribution < 1.29 is 4.79 Å². The summed E-state index contributed by atoms with van der Waals surface area (Å²) in [6.07, 6.45) is 2.99. The molecule has 0 aliphatic heterocycles. The molecule has 1 aliphatic rings. The Labute approximate surface area is 116 Å². The summed E-state index contributed by atoms with van der Waals surface area (Å²) in [7, 11) is 3.61. The van der Waals surface area contributed by atoms with Crippen LogP contribution in [0.5, 0.6) is 0 Å². The number of hydrogen-bond acceptors (Lipinski definition) is 2. The van der Waals surface area contributed by atoms with Gasteiger partial charge < -0.3 is 10.2 Å². The van der Waals surface area contributed by atoms with Crippen LogP contribution < -0.4 is 5.32 Å². The summed E-state index contributed by atoms with van der Waals surface area (Å²) in [6, 6.07) is 9.23. The van der Waals surface area contributed by atoms with E-state index in [4.69, 9.17) is 0 Å². The molecule has 0 radical (unpaired) electrons. The van der Waals surface area contributed by atoms with E-state index in [1.807, 2.05) is 0 Å². The maximum Gasteiger partial charge on any atom is 0.223 e. The van der Waals surface area contributed by atoms with E-state index in [0.717, 1.165) is 6.54 Å². The normalized spacial score (nSPS) is 21.8. The van der Waals surface area contributed by atoms with Gasteiger partial charge in [-0.15, -0.1) is 0 Å². The number of hydrogen-bond donors (Lipinski definition) is 1. The van der Waals surface area contributed by atoms with Gasteiger partial charge in [0.15, 0.2) is 0 Å². The number of carbonyl (C=O) groups excluding carboxylic acids is 1. The van der Waals surface area contributed by atoms with Gasteiger partial charge in [0.1, 0.15) is 0 Å². The van der Waals surface area contributed by atoms with Crippen LogP contribution in [0, 0.1) is 6.92 Å². The molecule has 19 heavy (non-hydrogen) atoms. The molecule has 1 amide bonds. The van der Waals surface area contributed by atoms with E-state index in [-0.39, 0.29) is 5.91 Å². The topological polar surface area (TPSA) is 32.3 Å². The zero-order chi connectivity index (χ0) is 13.8. The van der Waals surface area contributed by atoms with Gasteiger partial charge in [-0.3, -0.25) is 4.79 Å². The second kappa shape index (κ2) is 6.20. The molecular formula is C16H24N2O. The van der Waals surface area contributed by atoms with E-state index in [2.05, 4.69) is 36.5 Å². The fourth-order valence-corrected chi connectivity index (χ4v) is 2.69. The molecule has 1 saturated carbocycles. The predicted molar refractivity (Wildman–Crippen MR) is 78.3 cm³/mol. The molecule has 104 valence electrons. The predicted octanol–water partition coefficient (Wildman–Crippen LogP) is 2.31. The molecule has 1 fully saturated rings. The number of carbonyl (C=O) groups is 1. The van der Waals surface area contributed by atoms with Gasteiger partial charge in [0, 0.05) is 33.1 Å². The lowest BCUT2D eigenvalue weighted by Gasteiger charge is -2.37. The second-order valence-electron chi connectivity index (χ2n) is 5.71. The largest absolute Gasteiger partial charge is 0.349 e. The Morgan fingerprint density at radius 1 is 1.32 bits per heavy atom. The minimum Gasteiger partial charge on any atom is -0.349 e. The number of benzene rings is 1. The first kappa shape index (κ1) is 14.1. The molecule has 0 bridgehead atoms. The maximum atomic E-state index is 11.4. The highest BCUT2D eigenvalue weighted by Crippen LogP contribution is 2.38. The molecule has 0 spiro atoms. The quantitative estimate of drug-likeness (QED) is 0.881. The number of nitrogens with zero attached hydrogens (tertiary/aromatic N) is 1. The van der Waals surface area contributed by atoms with E-state index in [0.29, 0.717) is 18.4 Å². The van der Waals surface area contributed by atoms with Crippen LogP contribution in [-0.4, -0.2) is 37.5 Å². The molecule has 3 nitrogen and oxygen atoms in total. The van der Waals surface area contributed by atoms with Crippen LogP contribution >= 0.6 is 0 Å². The molecule has 0 heterocycles. The van der Waals surface area contributed by atoms with Crippen LogP contribution in [0.25, 0.3) is 0 Å². The molecule has 2 rings (SSSR count). The zero-order valence-corrected chi connectivity index (χ0v) is 12.1. The Bertz CT molecular complexity index is 436. The Balaban J connectivity index is 1.70. The standard InChI is InChI=1S/C16H24N2O/c1-12-6-4-5-7-15(12)13-10-14(11-13)17-9-8-16(19)18(2)3/h4-7,13-14,17H,8-11H2,1-3H3. The van der Waals surface area contributed by atoms with Crippen LogP contribution in [0.3, 0.4) is 0 Å². The Kier molecular flexibility index (Phi) is 4.59. The molecule has 3 heteroatoms. The monoisotopic (exact) mass is 260 g/mol. The molecule has 1 aromatic carbocycles. The van der Waals surface area contributed by atoms with Crippen LogP contribution in [0.4, 0.5) is 0 Å². The summed E-state index contributed by atoms with van der Waals surface area (Å²) >= 11 is 0. The third-order valence-corrected chi connectivity index (χ3v) is 4.04. The van der Waals surface area contributed by atoms with Gasteiger partial charge in [-0.05, 0) is 36.8 Å². The SMILES string of the molecule is Cc1ccccc1C1CC(NCCC(=O)N(C)C)C1. The fourth-order valence-electron chi connectivity index (χ4n) is 2.69. The highest BCUT2D eigenvalue weighted by atomic mass is 16.2. The van der Waals surface area contributed by atoms with Gasteiger partial charge in [-0.2, -0.15) is 0 Å². The van der Waals surface area contributed by atoms with Crippen molar-refractivity contribution in [2.75, 3.05) is 20.6 Å². The third kappa shape index (κ3) is 3.57. The van der Waals surface area contributed by atoms with Gasteiger partial charge in [0.25, 0.3) is 0 Å². The first-order valence-corrected chi connectivity index (χ1v) is 7.07. The molecular weight excluding hydrogens is 236 g/mol. The Morgan fingerprint density at radius 2 is 2.00 bits per heavy atom. The van der Waals surface area contributed by atoms with E-state index in [1.54, 1.807) is 19.0 Å². The van der Waals surface area contributed by atoms with Gasteiger partial charge in [-0.25, -0.2) is 0 Å². The molecule has 1 N–H and O–H groups in total. The number of nitrogens with one attached hydrogen (secondary N) is 1. The van der Waals surface area contributed by atoms with Crippen LogP contribution in [0.15, 0.2) is 24.3 Å². The first-order valence-electron chi connectivity index (χ1n) is 7.07. The summed E-state index contributed by atoms with van der Waals surface area (Å²) in [5.41, 5.74) is 2.89. The fraction of sp³-hybridized carbons (Fsp3) is 0.562. The molecule has 0 atom stereocenters. The number of amides is 1. The van der Waals surface area contributed by atoms with Crippen molar-refractivity contribution in [2.45, 2.75) is 38.1 Å². The minimum atomic E-state index is 0.197. The molecule has 0 aromatic heterocycles. The molecule has 0 saturated heterocycles. The van der Waals surface area contributed by atoms with Crippen LogP contribution in [0.2, 0.25) is 0 Å². The van der Waals surface area contributed by atoms with Crippen molar-refractivity contribution in [3.8, 4) is 0 Å². The number of rotatable bonds is 5. The second-order valence-corrected chi connectivity index (χ2v) is 5.71. The van der Waals surface area contributed by atoms with Crippen molar-refractivity contribution in [1.29, 1.82) is 0 Å². The number of aryl methyl sites for hydroxylation is 1. The molecule has 1 aromatic rings. The van der Waals surface area contributed by atoms with E-state index in [9.17, 15) is 4.79 Å². The van der Waals surface area contributed by atoms with Crippen LogP contribution in [0.1, 0.15) is 36.3 Å². The van der Waals surface area contributed by atoms with E-state index < -0.39 is 0 Å². The van der Waals surface area contributed by atoms with Crippen molar-refractivity contribution in [2.24, 2.45) is 0 Å². The van der Waals surface area contributed by atoms with Gasteiger partial charge in [0.2, 0.25) is 5.91 Å². The summed E-state index contributed by atoms with van der Waals surface area (Å²) < 4.78 is 0. The summed E-state index contributed by atoms with van der Waals surface area (Å²) in [6.45, 7) is 2.98. The Morgan fingerprint density at radius 3 is 2.63 bits per heavy atom. The smallest absolute Gasteiger partial charge is 0.223 e. The van der Waals surface area contributed by atoms with Gasteiger partial charge in [0.05, 0.1) is 0 Å². The van der Waals surface area contributed by atoms with E-state index in [1.165, 1.54) is 24.0 Å². The average molecular weight is 260 g/mol. The maximum absolute atomic E-state index is 11.4. The average Bonchev–Trinajstić information content (AvgIpc) is 2.33. The highest BCUT2D eigenvalue weighted by molar-refractivity contribution is 5.75. The lowest BCUT2D eigenvalue weighted by atomic mass is 9.74. The lowest BCUT2D eigenvalue weighted by molar-refractivity contribution is -0.128. The lowest BCUT2D eigenvalue weighted by Crippen LogP contribution is -2.41. The summed E-state index contributed by atoms with van der Waals surface area (Å²) in [5, 5.41) is 3.48. The van der Waals surface area contributed by atoms with Crippen molar-refractivity contribution in [3.63, 3.8) is 0 Å². The highest BCUT2D eigenvalue weighted by Gasteiger charge is 2.30. The summed E-state index contributed by atoms with van der Waals surface area (Å²) in [4.78, 5) is 13.1. The van der Waals surface area contributed by atoms with Crippen LogP contribution in [-0.2, 0) is 4.79 Å². The van der Waals surface area contributed by atoms with Crippen molar-refractivity contribution in [1.82, 2.24) is 10.2 Å². The third-order valence-electron chi connectivity index (χ3n) is 4.04. The first-order chi connectivity index (χ1) is 9.08. The van der Waals surface area contributed by atoms with Gasteiger partial charge in [-0.1, -0.05) is 24.3 Å². The van der Waals surface area contributed by atoms with Gasteiger partial charge >= 0.3 is 0 Å². The van der Waals surface area contributed by atoms with E-state index >= 15 is 0 Å².